The van der Waals surface area contributed by atoms with E-state index in [1.54, 1.807) is 0 Å². The van der Waals surface area contributed by atoms with Gasteiger partial charge >= 0.3 is 7.12 Å². The van der Waals surface area contributed by atoms with Crippen LogP contribution in [-0.2, 0) is 9.31 Å². The predicted molar refractivity (Wildman–Crippen MR) is 64.9 cm³/mol. The summed E-state index contributed by atoms with van der Waals surface area (Å²) in [6.45, 7) is 7.64. The fourth-order valence-corrected chi connectivity index (χ4v) is 1.75. The molecule has 0 radical (unpaired) electrons. The molecule has 0 N–H and O–H groups in total. The molecule has 0 spiro atoms. The van der Waals surface area contributed by atoms with Gasteiger partial charge in [0.1, 0.15) is 0 Å². The molecule has 6 heteroatoms. The third-order valence-electron chi connectivity index (χ3n) is 3.38. The Bertz CT molecular complexity index is 437. The third-order valence-corrected chi connectivity index (χ3v) is 3.65. The number of hydrogen-bond donors (Lipinski definition) is 0. The van der Waals surface area contributed by atoms with Crippen LogP contribution >= 0.6 is 11.6 Å². The normalized spacial score (nSPS) is 21.9. The summed E-state index contributed by atoms with van der Waals surface area (Å²) in [6, 6.07) is 1.52. The first-order valence-corrected chi connectivity index (χ1v) is 5.78. The number of pyridine rings is 1. The van der Waals surface area contributed by atoms with Gasteiger partial charge in [0, 0.05) is 11.7 Å². The average molecular weight is 258 g/mol. The van der Waals surface area contributed by atoms with Crippen molar-refractivity contribution in [2.24, 2.45) is 0 Å². The van der Waals surface area contributed by atoms with E-state index in [-0.39, 0.29) is 10.6 Å². The maximum absolute atomic E-state index is 13.8. The van der Waals surface area contributed by atoms with Gasteiger partial charge in [-0.2, -0.15) is 0 Å². The fraction of sp³-hybridized carbons (Fsp3) is 0.545. The smallest absolute Gasteiger partial charge is 0.399 e. The Kier molecular flexibility index (Phi) is 2.96. The lowest BCUT2D eigenvalue weighted by Crippen LogP contribution is -2.41. The van der Waals surface area contributed by atoms with Crippen LogP contribution < -0.4 is 5.46 Å². The number of halogens is 2. The van der Waals surface area contributed by atoms with Gasteiger partial charge in [-0.15, -0.1) is 0 Å². The zero-order valence-electron chi connectivity index (χ0n) is 10.3. The Morgan fingerprint density at radius 2 is 1.76 bits per heavy atom. The highest BCUT2D eigenvalue weighted by Crippen LogP contribution is 2.36. The van der Waals surface area contributed by atoms with Crippen LogP contribution in [0.5, 0.6) is 0 Å². The first-order chi connectivity index (χ1) is 7.74. The second-order valence-corrected chi connectivity index (χ2v) is 5.45. The van der Waals surface area contributed by atoms with Gasteiger partial charge < -0.3 is 9.31 Å². The van der Waals surface area contributed by atoms with Crippen LogP contribution in [0.2, 0.25) is 5.15 Å². The van der Waals surface area contributed by atoms with E-state index >= 15 is 0 Å². The van der Waals surface area contributed by atoms with Crippen LogP contribution in [0.25, 0.3) is 0 Å². The van der Waals surface area contributed by atoms with Crippen molar-refractivity contribution in [1.29, 1.82) is 0 Å². The summed E-state index contributed by atoms with van der Waals surface area (Å²) >= 11 is 5.64. The van der Waals surface area contributed by atoms with Crippen molar-refractivity contribution in [1.82, 2.24) is 4.98 Å². The summed E-state index contributed by atoms with van der Waals surface area (Å²) < 4.78 is 25.3. The van der Waals surface area contributed by atoms with E-state index in [2.05, 4.69) is 4.98 Å². The minimum absolute atomic E-state index is 0.169. The zero-order valence-corrected chi connectivity index (χ0v) is 11.0. The summed E-state index contributed by atoms with van der Waals surface area (Å²) in [7, 11) is -0.750. The van der Waals surface area contributed by atoms with Gasteiger partial charge in [-0.05, 0) is 33.8 Å². The number of hydrogen-bond acceptors (Lipinski definition) is 3. The Hall–Kier alpha value is -0.645. The molecule has 0 aromatic carbocycles. The maximum atomic E-state index is 13.8. The zero-order chi connectivity index (χ0) is 12.8. The largest absolute Gasteiger partial charge is 0.498 e. The summed E-state index contributed by atoms with van der Waals surface area (Å²) in [6.07, 6.45) is 1.44. The Balaban J connectivity index is 2.36. The summed E-state index contributed by atoms with van der Waals surface area (Å²) in [5, 5.41) is -0.169. The number of rotatable bonds is 1. The highest BCUT2D eigenvalue weighted by molar-refractivity contribution is 6.62. The number of aromatic nitrogens is 1. The molecule has 2 rings (SSSR count). The van der Waals surface area contributed by atoms with E-state index in [1.807, 2.05) is 27.7 Å². The molecule has 1 aliphatic rings. The SMILES string of the molecule is CC1(C)OB(c2ccnc(Cl)c2F)OC1(C)C. The van der Waals surface area contributed by atoms with Crippen molar-refractivity contribution in [2.75, 3.05) is 0 Å². The van der Waals surface area contributed by atoms with E-state index in [0.29, 0.717) is 0 Å². The molecule has 1 fully saturated rings. The van der Waals surface area contributed by atoms with Crippen molar-refractivity contribution >= 4 is 24.2 Å². The molecule has 1 aromatic rings. The van der Waals surface area contributed by atoms with Crippen molar-refractivity contribution in [2.45, 2.75) is 38.9 Å². The van der Waals surface area contributed by atoms with Crippen LogP contribution in [0.15, 0.2) is 12.3 Å². The molecule has 1 aliphatic heterocycles. The third kappa shape index (κ3) is 2.07. The van der Waals surface area contributed by atoms with Crippen molar-refractivity contribution in [3.05, 3.63) is 23.2 Å². The van der Waals surface area contributed by atoms with Gasteiger partial charge in [0.05, 0.1) is 11.2 Å². The molecule has 0 saturated carbocycles. The first-order valence-electron chi connectivity index (χ1n) is 5.40. The molecule has 17 heavy (non-hydrogen) atoms. The topological polar surface area (TPSA) is 31.4 Å². The molecular formula is C11H14BClFNO2. The van der Waals surface area contributed by atoms with Crippen molar-refractivity contribution in [3.63, 3.8) is 0 Å². The molecule has 1 saturated heterocycles. The minimum Gasteiger partial charge on any atom is -0.399 e. The lowest BCUT2D eigenvalue weighted by molar-refractivity contribution is 0.00578. The second kappa shape index (κ2) is 3.94. The van der Waals surface area contributed by atoms with Crippen LogP contribution in [0, 0.1) is 5.82 Å². The number of nitrogens with zero attached hydrogens (tertiary/aromatic N) is 1. The average Bonchev–Trinajstić information content (AvgIpc) is 2.40. The molecule has 1 aromatic heterocycles. The van der Waals surface area contributed by atoms with E-state index in [1.165, 1.54) is 12.3 Å². The minimum atomic E-state index is -0.750. The first kappa shape index (κ1) is 12.8. The lowest BCUT2D eigenvalue weighted by Gasteiger charge is -2.32. The Morgan fingerprint density at radius 3 is 2.29 bits per heavy atom. The molecular weight excluding hydrogens is 243 g/mol. The highest BCUT2D eigenvalue weighted by atomic mass is 35.5. The fourth-order valence-electron chi connectivity index (χ4n) is 1.58. The van der Waals surface area contributed by atoms with Gasteiger partial charge in [-0.3, -0.25) is 0 Å². The van der Waals surface area contributed by atoms with Gasteiger partial charge in [0.15, 0.2) is 11.0 Å². The van der Waals surface area contributed by atoms with E-state index < -0.39 is 24.1 Å². The van der Waals surface area contributed by atoms with Gasteiger partial charge in [0.25, 0.3) is 0 Å². The summed E-state index contributed by atoms with van der Waals surface area (Å²) in [4.78, 5) is 3.66. The predicted octanol–water partition coefficient (Wildman–Crippen LogP) is 2.17. The molecule has 0 unspecified atom stereocenters. The molecule has 0 aliphatic carbocycles. The van der Waals surface area contributed by atoms with Crippen molar-refractivity contribution < 1.29 is 13.7 Å². The second-order valence-electron chi connectivity index (χ2n) is 5.09. The van der Waals surface area contributed by atoms with Crippen LogP contribution in [0.4, 0.5) is 4.39 Å². The van der Waals surface area contributed by atoms with Gasteiger partial charge in [-0.1, -0.05) is 11.6 Å². The quantitative estimate of drug-likeness (QED) is 0.571. The molecule has 0 atom stereocenters. The molecule has 0 bridgehead atoms. The summed E-state index contributed by atoms with van der Waals surface area (Å²) in [5.41, 5.74) is -0.719. The van der Waals surface area contributed by atoms with Gasteiger partial charge in [0.2, 0.25) is 0 Å². The monoisotopic (exact) mass is 257 g/mol. The standard InChI is InChI=1S/C11H14BClFNO2/c1-10(2)11(3,4)17-12(16-10)7-5-6-15-9(13)8(7)14/h5-6H,1-4H3. The maximum Gasteiger partial charge on any atom is 0.498 e. The van der Waals surface area contributed by atoms with Crippen LogP contribution in [0.1, 0.15) is 27.7 Å². The van der Waals surface area contributed by atoms with Crippen molar-refractivity contribution in [3.8, 4) is 0 Å². The van der Waals surface area contributed by atoms with Crippen LogP contribution in [0.3, 0.4) is 0 Å². The Labute approximate surface area is 105 Å². The van der Waals surface area contributed by atoms with E-state index in [9.17, 15) is 4.39 Å². The Morgan fingerprint density at radius 1 is 1.24 bits per heavy atom. The molecule has 0 amide bonds. The highest BCUT2D eigenvalue weighted by Gasteiger charge is 2.52. The molecule has 3 nitrogen and oxygen atoms in total. The van der Waals surface area contributed by atoms with E-state index in [4.69, 9.17) is 20.9 Å². The summed E-state index contributed by atoms with van der Waals surface area (Å²) in [5.74, 6) is -0.590. The van der Waals surface area contributed by atoms with Crippen LogP contribution in [-0.4, -0.2) is 23.3 Å². The van der Waals surface area contributed by atoms with E-state index in [0.717, 1.165) is 0 Å². The van der Waals surface area contributed by atoms with Gasteiger partial charge in [-0.25, -0.2) is 9.37 Å². The molecule has 92 valence electrons. The molecule has 2 heterocycles. The lowest BCUT2D eigenvalue weighted by atomic mass is 9.79.